The molecule has 33 heavy (non-hydrogen) atoms. The van der Waals surface area contributed by atoms with Gasteiger partial charge in [-0.15, -0.1) is 0 Å². The number of amidine groups is 1. The van der Waals surface area contributed by atoms with E-state index in [9.17, 15) is 4.79 Å². The molecule has 1 atom stereocenters. The van der Waals surface area contributed by atoms with Gasteiger partial charge in [0.2, 0.25) is 5.75 Å². The van der Waals surface area contributed by atoms with Crippen molar-refractivity contribution in [2.45, 2.75) is 12.8 Å². The standard InChI is InChI=1S/C26H25N3O4/c1-16-23(17-10-6-5-7-11-17)25(28-20-13-9-8-12-19(20)27-16)29-26(30)18-14-21(31-2)24(33-4)22(15-18)32-3/h5-15,23H,1-4H3,(H,28,29,30)/t23-/m0/s1. The Morgan fingerprint density at radius 2 is 1.39 bits per heavy atom. The molecule has 7 nitrogen and oxygen atoms in total. The minimum atomic E-state index is -0.346. The number of amides is 1. The van der Waals surface area contributed by atoms with Crippen LogP contribution in [0.5, 0.6) is 17.2 Å². The minimum Gasteiger partial charge on any atom is -0.493 e. The van der Waals surface area contributed by atoms with E-state index in [4.69, 9.17) is 24.2 Å². The summed E-state index contributed by atoms with van der Waals surface area (Å²) < 4.78 is 16.2. The Bertz CT molecular complexity index is 1210. The van der Waals surface area contributed by atoms with Crippen molar-refractivity contribution in [1.82, 2.24) is 5.32 Å². The predicted molar refractivity (Wildman–Crippen MR) is 129 cm³/mol. The van der Waals surface area contributed by atoms with Gasteiger partial charge in [-0.1, -0.05) is 42.5 Å². The first-order chi connectivity index (χ1) is 16.0. The Morgan fingerprint density at radius 1 is 0.818 bits per heavy atom. The van der Waals surface area contributed by atoms with E-state index < -0.39 is 0 Å². The molecule has 1 N–H and O–H groups in total. The van der Waals surface area contributed by atoms with Crippen molar-refractivity contribution in [2.24, 2.45) is 9.98 Å². The third-order valence-corrected chi connectivity index (χ3v) is 5.41. The summed E-state index contributed by atoms with van der Waals surface area (Å²) in [6.07, 6.45) is 0. The maximum Gasteiger partial charge on any atom is 0.256 e. The van der Waals surface area contributed by atoms with Gasteiger partial charge in [-0.3, -0.25) is 9.79 Å². The fourth-order valence-electron chi connectivity index (χ4n) is 3.85. The van der Waals surface area contributed by atoms with Gasteiger partial charge in [-0.25, -0.2) is 4.99 Å². The second-order valence-electron chi connectivity index (χ2n) is 7.45. The monoisotopic (exact) mass is 443 g/mol. The molecule has 1 heterocycles. The molecule has 0 aromatic heterocycles. The molecule has 0 radical (unpaired) electrons. The van der Waals surface area contributed by atoms with Gasteiger partial charge in [0.25, 0.3) is 5.91 Å². The van der Waals surface area contributed by atoms with Crippen LogP contribution < -0.4 is 19.5 Å². The number of rotatable bonds is 5. The number of ether oxygens (including phenoxy) is 3. The van der Waals surface area contributed by atoms with Gasteiger partial charge < -0.3 is 19.5 Å². The van der Waals surface area contributed by atoms with Gasteiger partial charge in [0.05, 0.1) is 38.6 Å². The number of methoxy groups -OCH3 is 3. The van der Waals surface area contributed by atoms with E-state index in [1.54, 1.807) is 12.1 Å². The number of nitrogens with one attached hydrogen (secondary N) is 1. The van der Waals surface area contributed by atoms with E-state index in [0.717, 1.165) is 17.0 Å². The highest BCUT2D eigenvalue weighted by Crippen LogP contribution is 2.38. The van der Waals surface area contributed by atoms with Gasteiger partial charge in [-0.05, 0) is 36.8 Å². The molecule has 168 valence electrons. The molecule has 3 aromatic rings. The number of fused-ring (bicyclic) bond motifs is 1. The largest absolute Gasteiger partial charge is 0.493 e. The summed E-state index contributed by atoms with van der Waals surface area (Å²) in [4.78, 5) is 23.0. The van der Waals surface area contributed by atoms with Crippen molar-refractivity contribution >= 4 is 28.8 Å². The topological polar surface area (TPSA) is 81.5 Å². The van der Waals surface area contributed by atoms with Crippen LogP contribution in [0.2, 0.25) is 0 Å². The molecule has 4 rings (SSSR count). The maximum absolute atomic E-state index is 13.4. The van der Waals surface area contributed by atoms with Crippen LogP contribution in [0.1, 0.15) is 28.8 Å². The van der Waals surface area contributed by atoms with Gasteiger partial charge in [0, 0.05) is 11.3 Å². The molecule has 0 unspecified atom stereocenters. The van der Waals surface area contributed by atoms with Gasteiger partial charge >= 0.3 is 0 Å². The van der Waals surface area contributed by atoms with Crippen molar-refractivity contribution in [2.75, 3.05) is 21.3 Å². The SMILES string of the molecule is COc1cc(C(=O)NC2=Nc3ccccc3N=C(C)[C@H]2c2ccccc2)cc(OC)c1OC. The molecule has 1 aliphatic rings. The fraction of sp³-hybridized carbons (Fsp3) is 0.192. The average Bonchev–Trinajstić information content (AvgIpc) is 2.98. The molecule has 0 bridgehead atoms. The Kier molecular flexibility index (Phi) is 6.40. The molecule has 0 fully saturated rings. The number of hydrogen-bond donors (Lipinski definition) is 1. The molecule has 0 spiro atoms. The van der Waals surface area contributed by atoms with Crippen LogP contribution >= 0.6 is 0 Å². The van der Waals surface area contributed by atoms with Crippen LogP contribution in [0.3, 0.4) is 0 Å². The Labute approximate surface area is 192 Å². The van der Waals surface area contributed by atoms with Crippen LogP contribution in [0.4, 0.5) is 11.4 Å². The number of para-hydroxylation sites is 2. The number of aliphatic imine (C=N–C) groups is 2. The van der Waals surface area contributed by atoms with Crippen LogP contribution in [-0.2, 0) is 0 Å². The van der Waals surface area contributed by atoms with Crippen LogP contribution in [0.15, 0.2) is 76.7 Å². The lowest BCUT2D eigenvalue weighted by molar-refractivity contribution is 0.0975. The van der Waals surface area contributed by atoms with E-state index in [1.807, 2.05) is 61.5 Å². The number of carbonyl (C=O) groups excluding carboxylic acids is 1. The Hall–Kier alpha value is -4.13. The summed E-state index contributed by atoms with van der Waals surface area (Å²) in [5.74, 6) is 1.04. The summed E-state index contributed by atoms with van der Waals surface area (Å²) in [6, 6.07) is 20.7. The zero-order valence-electron chi connectivity index (χ0n) is 19.0. The molecule has 1 aliphatic heterocycles. The zero-order chi connectivity index (χ0) is 23.4. The second-order valence-corrected chi connectivity index (χ2v) is 7.45. The molecule has 7 heteroatoms. The summed E-state index contributed by atoms with van der Waals surface area (Å²) in [5, 5.41) is 3.01. The number of nitrogens with zero attached hydrogens (tertiary/aromatic N) is 2. The Balaban J connectivity index is 1.78. The fourth-order valence-corrected chi connectivity index (χ4v) is 3.85. The van der Waals surface area contributed by atoms with E-state index >= 15 is 0 Å². The first kappa shape index (κ1) is 22.1. The van der Waals surface area contributed by atoms with E-state index in [2.05, 4.69) is 5.32 Å². The lowest BCUT2D eigenvalue weighted by Gasteiger charge is -2.20. The highest BCUT2D eigenvalue weighted by Gasteiger charge is 2.27. The smallest absolute Gasteiger partial charge is 0.256 e. The summed E-state index contributed by atoms with van der Waals surface area (Å²) >= 11 is 0. The summed E-state index contributed by atoms with van der Waals surface area (Å²) in [5.41, 5.74) is 3.61. The van der Waals surface area contributed by atoms with E-state index in [1.165, 1.54) is 21.3 Å². The maximum atomic E-state index is 13.4. The third-order valence-electron chi connectivity index (χ3n) is 5.41. The van der Waals surface area contributed by atoms with Gasteiger partial charge in [-0.2, -0.15) is 0 Å². The van der Waals surface area contributed by atoms with Crippen molar-refractivity contribution in [3.05, 3.63) is 77.9 Å². The van der Waals surface area contributed by atoms with Crippen LogP contribution in [-0.4, -0.2) is 38.8 Å². The van der Waals surface area contributed by atoms with Gasteiger partial charge in [0.1, 0.15) is 5.84 Å². The van der Waals surface area contributed by atoms with E-state index in [-0.39, 0.29) is 11.8 Å². The highest BCUT2D eigenvalue weighted by atomic mass is 16.5. The van der Waals surface area contributed by atoms with Crippen molar-refractivity contribution < 1.29 is 19.0 Å². The number of benzene rings is 3. The number of hydrogen-bond acceptors (Lipinski definition) is 6. The third kappa shape index (κ3) is 4.43. The summed E-state index contributed by atoms with van der Waals surface area (Å²) in [6.45, 7) is 1.95. The van der Waals surface area contributed by atoms with Crippen molar-refractivity contribution in [1.29, 1.82) is 0 Å². The lowest BCUT2D eigenvalue weighted by atomic mass is 9.93. The van der Waals surface area contributed by atoms with Crippen LogP contribution in [0.25, 0.3) is 0 Å². The molecule has 3 aromatic carbocycles. The van der Waals surface area contributed by atoms with E-state index in [0.29, 0.717) is 34.3 Å². The summed E-state index contributed by atoms with van der Waals surface area (Å²) in [7, 11) is 4.54. The number of carbonyl (C=O) groups is 1. The first-order valence-corrected chi connectivity index (χ1v) is 10.4. The Morgan fingerprint density at radius 3 is 1.97 bits per heavy atom. The lowest BCUT2D eigenvalue weighted by Crippen LogP contribution is -2.37. The molecular formula is C26H25N3O4. The van der Waals surface area contributed by atoms with Crippen molar-refractivity contribution in [3.8, 4) is 17.2 Å². The second kappa shape index (κ2) is 9.56. The molecule has 0 saturated carbocycles. The molecule has 0 saturated heterocycles. The van der Waals surface area contributed by atoms with Crippen LogP contribution in [0, 0.1) is 0 Å². The molecule has 0 aliphatic carbocycles. The minimum absolute atomic E-state index is 0.315. The van der Waals surface area contributed by atoms with Crippen molar-refractivity contribution in [3.63, 3.8) is 0 Å². The first-order valence-electron chi connectivity index (χ1n) is 10.4. The predicted octanol–water partition coefficient (Wildman–Crippen LogP) is 5.06. The zero-order valence-corrected chi connectivity index (χ0v) is 19.0. The molecular weight excluding hydrogens is 418 g/mol. The average molecular weight is 444 g/mol. The van der Waals surface area contributed by atoms with Gasteiger partial charge in [0.15, 0.2) is 11.5 Å². The quantitative estimate of drug-likeness (QED) is 0.597. The normalized spacial score (nSPS) is 14.8. The molecule has 1 amide bonds. The highest BCUT2D eigenvalue weighted by molar-refractivity contribution is 6.19.